The molecule has 1 aromatic rings. The van der Waals surface area contributed by atoms with E-state index in [4.69, 9.17) is 4.74 Å². The lowest BCUT2D eigenvalue weighted by Crippen LogP contribution is -2.19. The lowest BCUT2D eigenvalue weighted by Gasteiger charge is -2.20. The number of benzene rings is 1. The highest BCUT2D eigenvalue weighted by Crippen LogP contribution is 2.23. The second-order valence-electron chi connectivity index (χ2n) is 5.98. The van der Waals surface area contributed by atoms with Crippen molar-refractivity contribution in [1.29, 1.82) is 0 Å². The van der Waals surface area contributed by atoms with E-state index in [1.807, 2.05) is 0 Å². The van der Waals surface area contributed by atoms with Crippen LogP contribution in [0.1, 0.15) is 44.7 Å². The van der Waals surface area contributed by atoms with Crippen LogP contribution in [-0.4, -0.2) is 11.6 Å². The van der Waals surface area contributed by atoms with Crippen molar-refractivity contribution in [1.82, 2.24) is 5.32 Å². The predicted octanol–water partition coefficient (Wildman–Crippen LogP) is 4.02. The van der Waals surface area contributed by atoms with Crippen molar-refractivity contribution < 1.29 is 4.74 Å². The molecule has 2 rings (SSSR count). The number of hydrogen-bond acceptors (Lipinski definition) is 2. The van der Waals surface area contributed by atoms with Crippen LogP contribution in [0.5, 0.6) is 0 Å². The first-order chi connectivity index (χ1) is 8.44. The van der Waals surface area contributed by atoms with Crippen molar-refractivity contribution >= 4 is 15.9 Å². The van der Waals surface area contributed by atoms with E-state index in [2.05, 4.69) is 60.2 Å². The van der Waals surface area contributed by atoms with Crippen LogP contribution in [0.3, 0.4) is 0 Å². The zero-order valence-electron chi connectivity index (χ0n) is 11.4. The molecule has 0 heterocycles. The van der Waals surface area contributed by atoms with Gasteiger partial charge in [0.05, 0.1) is 12.2 Å². The first-order valence-corrected chi connectivity index (χ1v) is 7.38. The maximum atomic E-state index is 5.80. The molecule has 100 valence electrons. The van der Waals surface area contributed by atoms with E-state index in [-0.39, 0.29) is 5.60 Å². The van der Waals surface area contributed by atoms with E-state index in [1.54, 1.807) is 0 Å². The highest BCUT2D eigenvalue weighted by atomic mass is 79.9. The first kappa shape index (κ1) is 14.0. The molecule has 2 nitrogen and oxygen atoms in total. The van der Waals surface area contributed by atoms with Crippen LogP contribution in [0.4, 0.5) is 0 Å². The van der Waals surface area contributed by atoms with Crippen LogP contribution >= 0.6 is 15.9 Å². The zero-order valence-corrected chi connectivity index (χ0v) is 13.0. The van der Waals surface area contributed by atoms with Crippen LogP contribution in [0.25, 0.3) is 0 Å². The summed E-state index contributed by atoms with van der Waals surface area (Å²) in [7, 11) is 0. The van der Waals surface area contributed by atoms with Gasteiger partial charge in [0, 0.05) is 17.1 Å². The Morgan fingerprint density at radius 1 is 1.33 bits per heavy atom. The van der Waals surface area contributed by atoms with E-state index in [1.165, 1.54) is 24.0 Å². The summed E-state index contributed by atoms with van der Waals surface area (Å²) in [4.78, 5) is 0. The SMILES string of the molecule is CC(C)(C)OCc1ccc(CNC2CC2)cc1Br. The molecule has 3 heteroatoms. The molecule has 0 saturated heterocycles. The van der Waals surface area contributed by atoms with Crippen LogP contribution < -0.4 is 5.32 Å². The van der Waals surface area contributed by atoms with Crippen molar-refractivity contribution in [2.45, 2.75) is 58.4 Å². The Balaban J connectivity index is 1.91. The summed E-state index contributed by atoms with van der Waals surface area (Å²) < 4.78 is 6.94. The van der Waals surface area contributed by atoms with E-state index < -0.39 is 0 Å². The van der Waals surface area contributed by atoms with Crippen LogP contribution in [0, 0.1) is 0 Å². The Kier molecular flexibility index (Phi) is 4.46. The largest absolute Gasteiger partial charge is 0.371 e. The Hall–Kier alpha value is -0.380. The lowest BCUT2D eigenvalue weighted by molar-refractivity contribution is -0.0152. The standard InChI is InChI=1S/C15H22BrNO/c1-15(2,3)18-10-12-5-4-11(8-14(12)16)9-17-13-6-7-13/h4-5,8,13,17H,6-7,9-10H2,1-3H3. The first-order valence-electron chi connectivity index (χ1n) is 6.59. The van der Waals surface area contributed by atoms with Crippen LogP contribution in [0.2, 0.25) is 0 Å². The van der Waals surface area contributed by atoms with Gasteiger partial charge in [-0.3, -0.25) is 0 Å². The van der Waals surface area contributed by atoms with Gasteiger partial charge in [-0.05, 0) is 50.8 Å². The summed E-state index contributed by atoms with van der Waals surface area (Å²) in [5.41, 5.74) is 2.44. The van der Waals surface area contributed by atoms with E-state index in [9.17, 15) is 0 Å². The van der Waals surface area contributed by atoms with E-state index >= 15 is 0 Å². The van der Waals surface area contributed by atoms with Gasteiger partial charge in [-0.15, -0.1) is 0 Å². The summed E-state index contributed by atoms with van der Waals surface area (Å²) >= 11 is 3.63. The third-order valence-electron chi connectivity index (χ3n) is 2.95. The van der Waals surface area contributed by atoms with Gasteiger partial charge in [-0.1, -0.05) is 28.1 Å². The van der Waals surface area contributed by atoms with Crippen molar-refractivity contribution in [2.75, 3.05) is 0 Å². The minimum absolute atomic E-state index is 0.0916. The van der Waals surface area contributed by atoms with Gasteiger partial charge in [0.15, 0.2) is 0 Å². The molecule has 0 radical (unpaired) electrons. The molecule has 0 aliphatic heterocycles. The molecule has 18 heavy (non-hydrogen) atoms. The molecular weight excluding hydrogens is 290 g/mol. The maximum Gasteiger partial charge on any atom is 0.0734 e. The second kappa shape index (κ2) is 5.72. The number of halogens is 1. The monoisotopic (exact) mass is 311 g/mol. The molecule has 1 fully saturated rings. The maximum absolute atomic E-state index is 5.80. The molecule has 1 N–H and O–H groups in total. The molecule has 1 aliphatic carbocycles. The quantitative estimate of drug-likeness (QED) is 0.887. The summed E-state index contributed by atoms with van der Waals surface area (Å²) in [5, 5.41) is 3.52. The third-order valence-corrected chi connectivity index (χ3v) is 3.69. The van der Waals surface area contributed by atoms with Gasteiger partial charge in [-0.25, -0.2) is 0 Å². The molecule has 0 spiro atoms. The molecule has 1 saturated carbocycles. The molecule has 0 bridgehead atoms. The molecule has 0 aromatic heterocycles. The lowest BCUT2D eigenvalue weighted by atomic mass is 10.1. The molecule has 0 atom stereocenters. The van der Waals surface area contributed by atoms with Gasteiger partial charge in [-0.2, -0.15) is 0 Å². The van der Waals surface area contributed by atoms with Crippen molar-refractivity contribution in [3.05, 3.63) is 33.8 Å². The van der Waals surface area contributed by atoms with Crippen LogP contribution in [-0.2, 0) is 17.9 Å². The molecular formula is C15H22BrNO. The topological polar surface area (TPSA) is 21.3 Å². The highest BCUT2D eigenvalue weighted by molar-refractivity contribution is 9.10. The van der Waals surface area contributed by atoms with E-state index in [0.717, 1.165) is 17.1 Å². The normalized spacial score (nSPS) is 16.0. The summed E-state index contributed by atoms with van der Waals surface area (Å²) in [6.45, 7) is 7.85. The van der Waals surface area contributed by atoms with E-state index in [0.29, 0.717) is 6.61 Å². The fourth-order valence-corrected chi connectivity index (χ4v) is 2.20. The smallest absolute Gasteiger partial charge is 0.0734 e. The van der Waals surface area contributed by atoms with Gasteiger partial charge in [0.25, 0.3) is 0 Å². The Morgan fingerprint density at radius 3 is 2.61 bits per heavy atom. The Bertz CT molecular complexity index is 407. The van der Waals surface area contributed by atoms with Gasteiger partial charge in [0.2, 0.25) is 0 Å². The average molecular weight is 312 g/mol. The summed E-state index contributed by atoms with van der Waals surface area (Å²) in [5.74, 6) is 0. The third kappa shape index (κ3) is 4.71. The Morgan fingerprint density at radius 2 is 2.06 bits per heavy atom. The molecule has 0 amide bonds. The van der Waals surface area contributed by atoms with Crippen molar-refractivity contribution in [2.24, 2.45) is 0 Å². The number of nitrogens with one attached hydrogen (secondary N) is 1. The van der Waals surface area contributed by atoms with Gasteiger partial charge < -0.3 is 10.1 Å². The number of rotatable bonds is 5. The summed E-state index contributed by atoms with van der Waals surface area (Å²) in [6, 6.07) is 7.28. The second-order valence-corrected chi connectivity index (χ2v) is 6.84. The predicted molar refractivity (Wildman–Crippen MR) is 78.5 cm³/mol. The minimum Gasteiger partial charge on any atom is -0.371 e. The van der Waals surface area contributed by atoms with Gasteiger partial charge in [0.1, 0.15) is 0 Å². The fraction of sp³-hybridized carbons (Fsp3) is 0.600. The molecule has 1 aliphatic rings. The van der Waals surface area contributed by atoms with Crippen LogP contribution in [0.15, 0.2) is 22.7 Å². The van der Waals surface area contributed by atoms with Gasteiger partial charge >= 0.3 is 0 Å². The zero-order chi connectivity index (χ0) is 13.2. The minimum atomic E-state index is -0.0916. The fourth-order valence-electron chi connectivity index (χ4n) is 1.66. The summed E-state index contributed by atoms with van der Waals surface area (Å²) in [6.07, 6.45) is 2.66. The average Bonchev–Trinajstić information content (AvgIpc) is 3.07. The Labute approximate surface area is 118 Å². The number of hydrogen-bond donors (Lipinski definition) is 1. The highest BCUT2D eigenvalue weighted by Gasteiger charge is 2.20. The van der Waals surface area contributed by atoms with Crippen molar-refractivity contribution in [3.63, 3.8) is 0 Å². The molecule has 0 unspecified atom stereocenters. The number of ether oxygens (including phenoxy) is 1. The molecule has 1 aromatic carbocycles. The van der Waals surface area contributed by atoms with Crippen molar-refractivity contribution in [3.8, 4) is 0 Å².